The molecule has 358 valence electrons. The van der Waals surface area contributed by atoms with E-state index in [2.05, 4.69) is 30.8 Å². The second kappa shape index (κ2) is 22.6. The van der Waals surface area contributed by atoms with Gasteiger partial charge in [0.25, 0.3) is 5.91 Å². The van der Waals surface area contributed by atoms with Crippen LogP contribution in [0.2, 0.25) is 5.02 Å². The van der Waals surface area contributed by atoms with Gasteiger partial charge in [-0.15, -0.1) is 11.3 Å². The van der Waals surface area contributed by atoms with E-state index in [1.165, 1.54) is 31.5 Å². The van der Waals surface area contributed by atoms with Crippen LogP contribution in [0.25, 0.3) is 0 Å². The molecule has 3 aliphatic rings. The Hall–Kier alpha value is -6.05. The third-order valence-electron chi connectivity index (χ3n) is 12.8. The molecule has 3 fully saturated rings. The first-order chi connectivity index (χ1) is 32.3. The first kappa shape index (κ1) is 48.9. The van der Waals surface area contributed by atoms with Crippen LogP contribution in [0.5, 0.6) is 11.5 Å². The van der Waals surface area contributed by atoms with Crippen molar-refractivity contribution >= 4 is 70.0 Å². The van der Waals surface area contributed by atoms with Crippen LogP contribution in [-0.4, -0.2) is 148 Å². The number of likely N-dealkylation sites (N-methyl/N-ethyl adjacent to an activating group) is 1. The Balaban J connectivity index is 0.882. The molecule has 7 rings (SSSR count). The zero-order valence-corrected chi connectivity index (χ0v) is 39.9. The molecule has 1 aliphatic carbocycles. The molecule has 4 heterocycles. The van der Waals surface area contributed by atoms with Crippen LogP contribution in [-0.2, 0) is 9.59 Å². The number of carbonyl (C=O) groups is 5. The number of likely N-dealkylation sites (tertiary alicyclic amines) is 1. The zero-order chi connectivity index (χ0) is 47.6. The van der Waals surface area contributed by atoms with Crippen molar-refractivity contribution in [2.75, 3.05) is 77.7 Å². The molecular formula is C47H59ClN10O8S. The van der Waals surface area contributed by atoms with Crippen LogP contribution in [0.15, 0.2) is 54.0 Å². The Morgan fingerprint density at radius 3 is 2.48 bits per heavy atom. The molecule has 0 radical (unpaired) electrons. The highest BCUT2D eigenvalue weighted by Crippen LogP contribution is 2.37. The third-order valence-corrected chi connectivity index (χ3v) is 14.1. The lowest BCUT2D eigenvalue weighted by Gasteiger charge is -2.35. The van der Waals surface area contributed by atoms with Crippen LogP contribution in [0.4, 0.5) is 22.2 Å². The molecule has 3 atom stereocenters. The predicted molar refractivity (Wildman–Crippen MR) is 255 cm³/mol. The average Bonchev–Trinajstić information content (AvgIpc) is 4.06. The molecule has 18 nitrogen and oxygen atoms in total. The predicted octanol–water partition coefficient (Wildman–Crippen LogP) is 6.57. The normalized spacial score (nSPS) is 17.6. The van der Waals surface area contributed by atoms with Crippen molar-refractivity contribution < 1.29 is 38.6 Å². The van der Waals surface area contributed by atoms with Crippen molar-refractivity contribution in [3.05, 3.63) is 80.9 Å². The van der Waals surface area contributed by atoms with E-state index in [9.17, 15) is 29.1 Å². The standard InChI is InChI=1S/C47H59ClN10O8S/c1-29(55(3)47(63)64)42(60)53-39(30-11-6-5-7-12-30)45(62)58-19-9-15-37(58)43-51-36(28-67-43)40(59)31-13-8-14-33(25-31)66-24-10-18-56-20-22-57(23-21-56)44(61)32-16-17-35(38(26-32)65-4)52-46-50-27-34(48)41(49-2)54-46/h8,13-14,16-17,25-30,37,39H,5-7,9-12,15,18-24H2,1-4H3,(H,53,60)(H,63,64)(H2,49,50,52,54)/t29?,37?,39-/m0/s1. The van der Waals surface area contributed by atoms with E-state index in [-0.39, 0.29) is 35.3 Å². The summed E-state index contributed by atoms with van der Waals surface area (Å²) in [5.74, 6) is 0.787. The highest BCUT2D eigenvalue weighted by Gasteiger charge is 2.41. The summed E-state index contributed by atoms with van der Waals surface area (Å²) in [7, 11) is 4.60. The number of anilines is 3. The average molecular weight is 960 g/mol. The van der Waals surface area contributed by atoms with Gasteiger partial charge in [-0.25, -0.2) is 14.8 Å². The smallest absolute Gasteiger partial charge is 0.407 e. The maximum Gasteiger partial charge on any atom is 0.407 e. The van der Waals surface area contributed by atoms with Crippen molar-refractivity contribution in [3.8, 4) is 11.5 Å². The van der Waals surface area contributed by atoms with Gasteiger partial charge < -0.3 is 40.3 Å². The molecule has 2 unspecified atom stereocenters. The maximum absolute atomic E-state index is 14.3. The largest absolute Gasteiger partial charge is 0.495 e. The molecule has 2 aromatic heterocycles. The molecule has 4 N–H and O–H groups in total. The van der Waals surface area contributed by atoms with Crippen LogP contribution in [0, 0.1) is 5.92 Å². The molecule has 67 heavy (non-hydrogen) atoms. The van der Waals surface area contributed by atoms with Gasteiger partial charge in [0.1, 0.15) is 45.1 Å². The number of amides is 4. The van der Waals surface area contributed by atoms with E-state index in [0.717, 1.165) is 69.5 Å². The fraction of sp³-hybridized carbons (Fsp3) is 0.489. The topological polar surface area (TPSA) is 212 Å². The van der Waals surface area contributed by atoms with Gasteiger partial charge >= 0.3 is 6.09 Å². The first-order valence-corrected chi connectivity index (χ1v) is 24.1. The number of nitrogens with zero attached hydrogens (tertiary/aromatic N) is 7. The van der Waals surface area contributed by atoms with Gasteiger partial charge in [0.2, 0.25) is 23.5 Å². The molecule has 4 amide bonds. The van der Waals surface area contributed by atoms with Gasteiger partial charge in [-0.1, -0.05) is 43.0 Å². The summed E-state index contributed by atoms with van der Waals surface area (Å²) >= 11 is 7.46. The lowest BCUT2D eigenvalue weighted by molar-refractivity contribution is -0.140. The van der Waals surface area contributed by atoms with E-state index in [0.29, 0.717) is 82.8 Å². The molecule has 2 saturated heterocycles. The van der Waals surface area contributed by atoms with Gasteiger partial charge in [-0.05, 0) is 75.3 Å². The van der Waals surface area contributed by atoms with Gasteiger partial charge in [-0.2, -0.15) is 4.98 Å². The third kappa shape index (κ3) is 11.9. The number of aromatic nitrogens is 3. The van der Waals surface area contributed by atoms with E-state index in [4.69, 9.17) is 26.1 Å². The number of ether oxygens (including phenoxy) is 2. The second-order valence-corrected chi connectivity index (χ2v) is 18.4. The van der Waals surface area contributed by atoms with E-state index in [1.54, 1.807) is 60.8 Å². The minimum atomic E-state index is -1.22. The highest BCUT2D eigenvalue weighted by atomic mass is 35.5. The fourth-order valence-electron chi connectivity index (χ4n) is 8.84. The number of ketones is 1. The summed E-state index contributed by atoms with van der Waals surface area (Å²) in [6, 6.07) is 10.2. The van der Waals surface area contributed by atoms with Gasteiger partial charge in [0, 0.05) is 69.9 Å². The minimum absolute atomic E-state index is 0.0537. The van der Waals surface area contributed by atoms with Crippen LogP contribution < -0.4 is 25.4 Å². The van der Waals surface area contributed by atoms with Crippen molar-refractivity contribution in [2.45, 2.75) is 76.4 Å². The first-order valence-electron chi connectivity index (χ1n) is 22.8. The maximum atomic E-state index is 14.3. The summed E-state index contributed by atoms with van der Waals surface area (Å²) in [6.07, 6.45) is 7.05. The van der Waals surface area contributed by atoms with Crippen molar-refractivity contribution in [3.63, 3.8) is 0 Å². The second-order valence-electron chi connectivity index (χ2n) is 17.1. The van der Waals surface area contributed by atoms with Crippen molar-refractivity contribution in [2.24, 2.45) is 5.92 Å². The summed E-state index contributed by atoms with van der Waals surface area (Å²) in [4.78, 5) is 86.6. The molecule has 20 heteroatoms. The lowest BCUT2D eigenvalue weighted by atomic mass is 9.83. The number of hydrogen-bond donors (Lipinski definition) is 4. The number of halogens is 1. The lowest BCUT2D eigenvalue weighted by Crippen LogP contribution is -2.56. The molecular weight excluding hydrogens is 900 g/mol. The Morgan fingerprint density at radius 1 is 0.970 bits per heavy atom. The number of hydrogen-bond acceptors (Lipinski definition) is 14. The number of carboxylic acid groups (broad SMARTS) is 1. The molecule has 2 aromatic carbocycles. The van der Waals surface area contributed by atoms with Crippen LogP contribution in [0.3, 0.4) is 0 Å². The fourth-order valence-corrected chi connectivity index (χ4v) is 9.97. The summed E-state index contributed by atoms with van der Waals surface area (Å²) in [5.41, 5.74) is 1.86. The zero-order valence-electron chi connectivity index (χ0n) is 38.3. The van der Waals surface area contributed by atoms with Crippen LogP contribution >= 0.6 is 22.9 Å². The molecule has 0 spiro atoms. The number of methoxy groups -OCH3 is 1. The number of thiazole rings is 1. The van der Waals surface area contributed by atoms with Gasteiger partial charge in [0.15, 0.2) is 0 Å². The Kier molecular flexibility index (Phi) is 16.5. The quantitative estimate of drug-likeness (QED) is 0.0615. The number of nitrogens with one attached hydrogen (secondary N) is 3. The van der Waals surface area contributed by atoms with Crippen molar-refractivity contribution in [1.29, 1.82) is 0 Å². The van der Waals surface area contributed by atoms with E-state index < -0.39 is 24.1 Å². The van der Waals surface area contributed by atoms with E-state index >= 15 is 0 Å². The van der Waals surface area contributed by atoms with Crippen LogP contribution in [0.1, 0.15) is 95.7 Å². The summed E-state index contributed by atoms with van der Waals surface area (Å²) < 4.78 is 11.7. The van der Waals surface area contributed by atoms with Gasteiger partial charge in [-0.3, -0.25) is 29.0 Å². The molecule has 1 saturated carbocycles. The number of piperazine rings is 1. The summed E-state index contributed by atoms with van der Waals surface area (Å²) in [6.45, 7) is 5.84. The monoisotopic (exact) mass is 958 g/mol. The van der Waals surface area contributed by atoms with E-state index in [1.807, 2.05) is 11.0 Å². The number of rotatable bonds is 18. The number of carbonyl (C=O) groups excluding carboxylic acids is 4. The Morgan fingerprint density at radius 2 is 1.75 bits per heavy atom. The molecule has 2 aliphatic heterocycles. The SMILES string of the molecule is CNc1nc(Nc2ccc(C(=O)N3CCN(CCCOc4cccc(C(=O)c5csc(C6CCCN6C(=O)[C@@H](NC(=O)C(C)N(C)C(=O)O)C6CCCCC6)n5)c4)CC3)cc2OC)ncc1Cl. The molecule has 4 aromatic rings. The summed E-state index contributed by atoms with van der Waals surface area (Å²) in [5, 5.41) is 21.2. The molecule has 0 bridgehead atoms. The Bertz CT molecular complexity index is 2410. The van der Waals surface area contributed by atoms with Gasteiger partial charge in [0.05, 0.1) is 31.6 Å². The van der Waals surface area contributed by atoms with Crippen molar-refractivity contribution in [1.82, 2.24) is 39.9 Å². The number of benzene rings is 2. The minimum Gasteiger partial charge on any atom is -0.495 e. The highest BCUT2D eigenvalue weighted by molar-refractivity contribution is 7.10. The Labute approximate surface area is 399 Å².